The standard InChI is InChI=1S/C13H21N3/c1-2-11-4-3-5-12(7-6-11)16-13-8-14-10-15-9-13/h8-12,16H,2-7H2,1H3. The summed E-state index contributed by atoms with van der Waals surface area (Å²) in [5.74, 6) is 0.943. The average Bonchev–Trinajstić information content (AvgIpc) is 2.56. The second kappa shape index (κ2) is 5.83. The Balaban J connectivity index is 1.86. The van der Waals surface area contributed by atoms with Crippen molar-refractivity contribution in [2.75, 3.05) is 5.32 Å². The molecule has 0 radical (unpaired) electrons. The van der Waals surface area contributed by atoms with Crippen molar-refractivity contribution in [3.05, 3.63) is 18.7 Å². The first-order valence-electron chi connectivity index (χ1n) is 6.40. The average molecular weight is 219 g/mol. The predicted octanol–water partition coefficient (Wildman–Crippen LogP) is 3.25. The molecule has 1 aliphatic carbocycles. The Bertz CT molecular complexity index is 299. The number of aromatic nitrogens is 2. The maximum absolute atomic E-state index is 4.03. The van der Waals surface area contributed by atoms with Gasteiger partial charge in [0.25, 0.3) is 0 Å². The number of anilines is 1. The van der Waals surface area contributed by atoms with Crippen LogP contribution in [0.25, 0.3) is 0 Å². The van der Waals surface area contributed by atoms with Gasteiger partial charge in [0.2, 0.25) is 0 Å². The lowest BCUT2D eigenvalue weighted by Gasteiger charge is -2.17. The summed E-state index contributed by atoms with van der Waals surface area (Å²) in [7, 11) is 0. The zero-order chi connectivity index (χ0) is 11.2. The van der Waals surface area contributed by atoms with E-state index in [1.54, 1.807) is 6.33 Å². The molecule has 0 spiro atoms. The fourth-order valence-corrected chi connectivity index (χ4v) is 2.54. The summed E-state index contributed by atoms with van der Waals surface area (Å²) >= 11 is 0. The quantitative estimate of drug-likeness (QED) is 0.793. The summed E-state index contributed by atoms with van der Waals surface area (Å²) in [6, 6.07) is 0.613. The van der Waals surface area contributed by atoms with Gasteiger partial charge in [-0.3, -0.25) is 0 Å². The summed E-state index contributed by atoms with van der Waals surface area (Å²) in [5.41, 5.74) is 1.06. The molecule has 0 saturated heterocycles. The van der Waals surface area contributed by atoms with Crippen LogP contribution in [0.2, 0.25) is 0 Å². The third-order valence-corrected chi connectivity index (χ3v) is 3.60. The number of hydrogen-bond acceptors (Lipinski definition) is 3. The molecule has 0 aliphatic heterocycles. The van der Waals surface area contributed by atoms with Crippen LogP contribution in [0.15, 0.2) is 18.7 Å². The van der Waals surface area contributed by atoms with E-state index in [-0.39, 0.29) is 0 Å². The Morgan fingerprint density at radius 3 is 2.75 bits per heavy atom. The van der Waals surface area contributed by atoms with Crippen molar-refractivity contribution in [2.45, 2.75) is 51.5 Å². The fourth-order valence-electron chi connectivity index (χ4n) is 2.54. The van der Waals surface area contributed by atoms with Gasteiger partial charge in [-0.15, -0.1) is 0 Å². The SMILES string of the molecule is CCC1CCCC(Nc2cncnc2)CC1. The normalized spacial score (nSPS) is 26.1. The first-order valence-corrected chi connectivity index (χ1v) is 6.40. The maximum atomic E-state index is 4.03. The molecule has 1 N–H and O–H groups in total. The Labute approximate surface area is 97.7 Å². The van der Waals surface area contributed by atoms with Gasteiger partial charge in [0.15, 0.2) is 0 Å². The molecule has 3 heteroatoms. The number of hydrogen-bond donors (Lipinski definition) is 1. The zero-order valence-electron chi connectivity index (χ0n) is 10.0. The molecule has 88 valence electrons. The number of rotatable bonds is 3. The van der Waals surface area contributed by atoms with Crippen LogP contribution in [0, 0.1) is 5.92 Å². The van der Waals surface area contributed by atoms with E-state index >= 15 is 0 Å². The second-order valence-corrected chi connectivity index (χ2v) is 4.75. The van der Waals surface area contributed by atoms with Gasteiger partial charge >= 0.3 is 0 Å². The Morgan fingerprint density at radius 1 is 1.19 bits per heavy atom. The highest BCUT2D eigenvalue weighted by molar-refractivity contribution is 5.38. The van der Waals surface area contributed by atoms with E-state index in [2.05, 4.69) is 22.2 Å². The molecule has 16 heavy (non-hydrogen) atoms. The van der Waals surface area contributed by atoms with Crippen LogP contribution in [-0.4, -0.2) is 16.0 Å². The Kier molecular flexibility index (Phi) is 4.14. The predicted molar refractivity (Wildman–Crippen MR) is 66.3 cm³/mol. The van der Waals surface area contributed by atoms with Gasteiger partial charge in [0.1, 0.15) is 6.33 Å². The third-order valence-electron chi connectivity index (χ3n) is 3.60. The van der Waals surface area contributed by atoms with Crippen molar-refractivity contribution >= 4 is 5.69 Å². The summed E-state index contributed by atoms with van der Waals surface area (Å²) in [4.78, 5) is 8.06. The van der Waals surface area contributed by atoms with Gasteiger partial charge in [-0.25, -0.2) is 9.97 Å². The summed E-state index contributed by atoms with van der Waals surface area (Å²) in [6.07, 6.45) is 13.3. The molecule has 1 aromatic heterocycles. The van der Waals surface area contributed by atoms with Crippen LogP contribution >= 0.6 is 0 Å². The molecule has 1 heterocycles. The van der Waals surface area contributed by atoms with Gasteiger partial charge in [-0.05, 0) is 25.2 Å². The number of nitrogens with zero attached hydrogens (tertiary/aromatic N) is 2. The summed E-state index contributed by atoms with van der Waals surface area (Å²) in [5, 5.41) is 3.54. The minimum Gasteiger partial charge on any atom is -0.380 e. The lowest BCUT2D eigenvalue weighted by atomic mass is 9.98. The molecule has 1 fully saturated rings. The first kappa shape index (κ1) is 11.4. The van der Waals surface area contributed by atoms with Crippen molar-refractivity contribution in [2.24, 2.45) is 5.92 Å². The fraction of sp³-hybridized carbons (Fsp3) is 0.692. The molecule has 1 saturated carbocycles. The molecule has 2 atom stereocenters. The highest BCUT2D eigenvalue weighted by Crippen LogP contribution is 2.26. The molecule has 0 aromatic carbocycles. The van der Waals surface area contributed by atoms with Crippen molar-refractivity contribution in [3.63, 3.8) is 0 Å². The number of nitrogens with one attached hydrogen (secondary N) is 1. The van der Waals surface area contributed by atoms with Gasteiger partial charge in [0.05, 0.1) is 18.1 Å². The Hall–Kier alpha value is -1.12. The van der Waals surface area contributed by atoms with Crippen LogP contribution < -0.4 is 5.32 Å². The van der Waals surface area contributed by atoms with Crippen molar-refractivity contribution in [1.82, 2.24) is 9.97 Å². The monoisotopic (exact) mass is 219 g/mol. The van der Waals surface area contributed by atoms with E-state index in [1.165, 1.54) is 38.5 Å². The molecule has 1 aromatic rings. The van der Waals surface area contributed by atoms with Crippen LogP contribution in [0.5, 0.6) is 0 Å². The van der Waals surface area contributed by atoms with E-state index in [0.29, 0.717) is 6.04 Å². The third kappa shape index (κ3) is 3.19. The topological polar surface area (TPSA) is 37.8 Å². The smallest absolute Gasteiger partial charge is 0.115 e. The Morgan fingerprint density at radius 2 is 2.00 bits per heavy atom. The largest absolute Gasteiger partial charge is 0.380 e. The van der Waals surface area contributed by atoms with Gasteiger partial charge in [0, 0.05) is 6.04 Å². The molecule has 3 nitrogen and oxygen atoms in total. The van der Waals surface area contributed by atoms with Gasteiger partial charge < -0.3 is 5.32 Å². The van der Waals surface area contributed by atoms with Crippen LogP contribution in [0.1, 0.15) is 45.4 Å². The van der Waals surface area contributed by atoms with E-state index in [9.17, 15) is 0 Å². The van der Waals surface area contributed by atoms with Crippen LogP contribution in [-0.2, 0) is 0 Å². The van der Waals surface area contributed by atoms with Crippen molar-refractivity contribution in [1.29, 1.82) is 0 Å². The lowest BCUT2D eigenvalue weighted by molar-refractivity contribution is 0.444. The van der Waals surface area contributed by atoms with Crippen LogP contribution in [0.4, 0.5) is 5.69 Å². The van der Waals surface area contributed by atoms with Crippen molar-refractivity contribution in [3.8, 4) is 0 Å². The van der Waals surface area contributed by atoms with Crippen molar-refractivity contribution < 1.29 is 0 Å². The second-order valence-electron chi connectivity index (χ2n) is 4.75. The minimum atomic E-state index is 0.613. The van der Waals surface area contributed by atoms with Gasteiger partial charge in [-0.2, -0.15) is 0 Å². The lowest BCUT2D eigenvalue weighted by Crippen LogP contribution is -2.18. The van der Waals surface area contributed by atoms with E-state index in [1.807, 2.05) is 12.4 Å². The van der Waals surface area contributed by atoms with Crippen LogP contribution in [0.3, 0.4) is 0 Å². The molecular formula is C13H21N3. The van der Waals surface area contributed by atoms with E-state index < -0.39 is 0 Å². The highest BCUT2D eigenvalue weighted by Gasteiger charge is 2.17. The molecule has 2 unspecified atom stereocenters. The first-order chi connectivity index (χ1) is 7.88. The summed E-state index contributed by atoms with van der Waals surface area (Å²) in [6.45, 7) is 2.31. The zero-order valence-corrected chi connectivity index (χ0v) is 10.0. The molecule has 2 rings (SSSR count). The molecule has 0 amide bonds. The highest BCUT2D eigenvalue weighted by atomic mass is 15.0. The van der Waals surface area contributed by atoms with Gasteiger partial charge in [-0.1, -0.05) is 26.2 Å². The maximum Gasteiger partial charge on any atom is 0.115 e. The summed E-state index contributed by atoms with van der Waals surface area (Å²) < 4.78 is 0. The minimum absolute atomic E-state index is 0.613. The molecule has 0 bridgehead atoms. The molecular weight excluding hydrogens is 198 g/mol. The molecule has 1 aliphatic rings. The van der Waals surface area contributed by atoms with E-state index in [4.69, 9.17) is 0 Å². The van der Waals surface area contributed by atoms with E-state index in [0.717, 1.165) is 11.6 Å².